The van der Waals surface area contributed by atoms with Gasteiger partial charge in [-0.3, -0.25) is 9.59 Å². The monoisotopic (exact) mass is 400 g/mol. The molecule has 150 valence electrons. The number of amides is 2. The van der Waals surface area contributed by atoms with E-state index < -0.39 is 0 Å². The first kappa shape index (κ1) is 19.2. The molecule has 0 bridgehead atoms. The Labute approximate surface area is 169 Å². The van der Waals surface area contributed by atoms with Crippen molar-refractivity contribution < 1.29 is 14.0 Å². The van der Waals surface area contributed by atoms with Crippen molar-refractivity contribution in [3.63, 3.8) is 0 Å². The maximum Gasteiger partial charge on any atom is 0.259 e. The topological polar surface area (TPSA) is 71.3 Å². The third-order valence-electron chi connectivity index (χ3n) is 5.94. The first-order chi connectivity index (χ1) is 13.4. The van der Waals surface area contributed by atoms with Gasteiger partial charge < -0.3 is 15.1 Å². The molecule has 0 aliphatic heterocycles. The van der Waals surface area contributed by atoms with Crippen LogP contribution in [0, 0.1) is 19.8 Å². The van der Waals surface area contributed by atoms with E-state index in [2.05, 4.69) is 17.6 Å². The van der Waals surface area contributed by atoms with E-state index in [0.29, 0.717) is 33.6 Å². The third-order valence-corrected chi connectivity index (χ3v) is 7.11. The van der Waals surface area contributed by atoms with Crippen LogP contribution in [0.5, 0.6) is 0 Å². The Bertz CT molecular complexity index is 905. The Morgan fingerprint density at radius 2 is 1.89 bits per heavy atom. The van der Waals surface area contributed by atoms with Gasteiger partial charge in [-0.05, 0) is 63.5 Å². The average Bonchev–Trinajstić information content (AvgIpc) is 3.33. The molecule has 4 rings (SSSR count). The van der Waals surface area contributed by atoms with Crippen LogP contribution in [0.4, 0.5) is 5.00 Å². The minimum Gasteiger partial charge on any atom is -0.466 e. The molecule has 0 unspecified atom stereocenters. The first-order valence-electron chi connectivity index (χ1n) is 10.3. The molecule has 2 aromatic rings. The zero-order valence-electron chi connectivity index (χ0n) is 16.8. The van der Waals surface area contributed by atoms with Crippen molar-refractivity contribution in [1.82, 2.24) is 5.32 Å². The number of fused-ring (bicyclic) bond motifs is 1. The van der Waals surface area contributed by atoms with Crippen molar-refractivity contribution in [2.24, 2.45) is 5.92 Å². The molecule has 28 heavy (non-hydrogen) atoms. The molecule has 0 spiro atoms. The molecule has 2 N–H and O–H groups in total. The van der Waals surface area contributed by atoms with Crippen LogP contribution in [0.2, 0.25) is 0 Å². The van der Waals surface area contributed by atoms with Crippen molar-refractivity contribution >= 4 is 28.2 Å². The van der Waals surface area contributed by atoms with Crippen molar-refractivity contribution in [3.8, 4) is 0 Å². The van der Waals surface area contributed by atoms with Gasteiger partial charge in [-0.2, -0.15) is 0 Å². The molecule has 0 aromatic carbocycles. The lowest BCUT2D eigenvalue weighted by molar-refractivity contribution is 0.0938. The molecule has 0 radical (unpaired) electrons. The fourth-order valence-electron chi connectivity index (χ4n) is 4.43. The predicted molar refractivity (Wildman–Crippen MR) is 111 cm³/mol. The second-order valence-corrected chi connectivity index (χ2v) is 9.40. The van der Waals surface area contributed by atoms with Crippen LogP contribution in [0.15, 0.2) is 10.5 Å². The molecule has 0 saturated heterocycles. The molecular formula is C22H28N2O3S. The molecule has 1 atom stereocenters. The maximum absolute atomic E-state index is 13.2. The fraction of sp³-hybridized carbons (Fsp3) is 0.545. The minimum atomic E-state index is -0.212. The molecule has 2 heterocycles. The Balaban J connectivity index is 1.64. The summed E-state index contributed by atoms with van der Waals surface area (Å²) in [6.07, 6.45) is 7.40. The van der Waals surface area contributed by atoms with Gasteiger partial charge in [0.1, 0.15) is 16.5 Å². The van der Waals surface area contributed by atoms with Crippen LogP contribution in [0.25, 0.3) is 0 Å². The number of hydrogen-bond acceptors (Lipinski definition) is 4. The van der Waals surface area contributed by atoms with Gasteiger partial charge in [0.25, 0.3) is 11.8 Å². The van der Waals surface area contributed by atoms with Gasteiger partial charge in [0.15, 0.2) is 0 Å². The number of thiophene rings is 1. The van der Waals surface area contributed by atoms with Gasteiger partial charge >= 0.3 is 0 Å². The van der Waals surface area contributed by atoms with Crippen LogP contribution in [0.1, 0.15) is 81.7 Å². The summed E-state index contributed by atoms with van der Waals surface area (Å²) in [6, 6.07) is 2.01. The average molecular weight is 401 g/mol. The van der Waals surface area contributed by atoms with Crippen LogP contribution in [0.3, 0.4) is 0 Å². The van der Waals surface area contributed by atoms with E-state index in [4.69, 9.17) is 4.42 Å². The lowest BCUT2D eigenvalue weighted by atomic mass is 9.88. The molecule has 6 heteroatoms. The van der Waals surface area contributed by atoms with Gasteiger partial charge in [0, 0.05) is 10.9 Å². The van der Waals surface area contributed by atoms with Crippen molar-refractivity contribution in [1.29, 1.82) is 0 Å². The standard InChI is InChI=1S/C22H28N2O3S/c1-12-8-9-16-18(10-12)28-22(19(16)21(26)23-15-6-4-5-7-15)24-20(25)17-11-13(2)27-14(17)3/h11-12,15H,4-10H2,1-3H3,(H,23,26)(H,24,25)/t12-/m0/s1. The van der Waals surface area contributed by atoms with Crippen molar-refractivity contribution in [2.45, 2.75) is 71.8 Å². The van der Waals surface area contributed by atoms with Crippen LogP contribution in [-0.4, -0.2) is 17.9 Å². The lowest BCUT2D eigenvalue weighted by Gasteiger charge is -2.19. The molecular weight excluding hydrogens is 372 g/mol. The number of rotatable bonds is 4. The highest BCUT2D eigenvalue weighted by Crippen LogP contribution is 2.40. The zero-order valence-corrected chi connectivity index (χ0v) is 17.6. The summed E-state index contributed by atoms with van der Waals surface area (Å²) in [5.74, 6) is 1.67. The quantitative estimate of drug-likeness (QED) is 0.758. The highest BCUT2D eigenvalue weighted by Gasteiger charge is 2.30. The van der Waals surface area contributed by atoms with Gasteiger partial charge in [0.2, 0.25) is 0 Å². The first-order valence-corrected chi connectivity index (χ1v) is 11.1. The number of furan rings is 1. The SMILES string of the molecule is Cc1cc(C(=O)Nc2sc3c(c2C(=O)NC2CCCC2)CC[C@H](C)C3)c(C)o1. The number of carbonyl (C=O) groups excluding carboxylic acids is 2. The molecule has 5 nitrogen and oxygen atoms in total. The molecule has 2 aliphatic carbocycles. The fourth-order valence-corrected chi connectivity index (χ4v) is 5.84. The lowest BCUT2D eigenvalue weighted by Crippen LogP contribution is -2.33. The van der Waals surface area contributed by atoms with Crippen LogP contribution >= 0.6 is 11.3 Å². The molecule has 1 fully saturated rings. The summed E-state index contributed by atoms with van der Waals surface area (Å²) in [5, 5.41) is 6.91. The second-order valence-electron chi connectivity index (χ2n) is 8.29. The normalized spacial score (nSPS) is 19.5. The molecule has 2 aromatic heterocycles. The summed E-state index contributed by atoms with van der Waals surface area (Å²) in [6.45, 7) is 5.86. The van der Waals surface area contributed by atoms with E-state index in [0.717, 1.165) is 37.7 Å². The Morgan fingerprint density at radius 1 is 1.14 bits per heavy atom. The number of carbonyl (C=O) groups is 2. The summed E-state index contributed by atoms with van der Waals surface area (Å²) in [4.78, 5) is 27.2. The number of aryl methyl sites for hydroxylation is 2. The van der Waals surface area contributed by atoms with E-state index in [-0.39, 0.29) is 17.9 Å². The van der Waals surface area contributed by atoms with E-state index in [1.54, 1.807) is 24.3 Å². The van der Waals surface area contributed by atoms with E-state index in [1.807, 2.05) is 6.92 Å². The maximum atomic E-state index is 13.2. The van der Waals surface area contributed by atoms with Gasteiger partial charge in [-0.15, -0.1) is 11.3 Å². The minimum absolute atomic E-state index is 0.0330. The third kappa shape index (κ3) is 3.75. The van der Waals surface area contributed by atoms with Crippen molar-refractivity contribution in [3.05, 3.63) is 39.2 Å². The smallest absolute Gasteiger partial charge is 0.259 e. The highest BCUT2D eigenvalue weighted by atomic mass is 32.1. The van der Waals surface area contributed by atoms with Gasteiger partial charge in [-0.1, -0.05) is 19.8 Å². The van der Waals surface area contributed by atoms with E-state index >= 15 is 0 Å². The molecule has 2 amide bonds. The summed E-state index contributed by atoms with van der Waals surface area (Å²) < 4.78 is 5.50. The van der Waals surface area contributed by atoms with Crippen LogP contribution < -0.4 is 10.6 Å². The largest absolute Gasteiger partial charge is 0.466 e. The zero-order chi connectivity index (χ0) is 19.8. The van der Waals surface area contributed by atoms with E-state index in [9.17, 15) is 9.59 Å². The number of nitrogens with one attached hydrogen (secondary N) is 2. The Morgan fingerprint density at radius 3 is 2.57 bits per heavy atom. The van der Waals surface area contributed by atoms with Crippen molar-refractivity contribution in [2.75, 3.05) is 5.32 Å². The summed E-state index contributed by atoms with van der Waals surface area (Å²) >= 11 is 1.56. The predicted octanol–water partition coefficient (Wildman–Crippen LogP) is 5.01. The second kappa shape index (κ2) is 7.74. The highest BCUT2D eigenvalue weighted by molar-refractivity contribution is 7.17. The molecule has 2 aliphatic rings. The number of anilines is 1. The Kier molecular flexibility index (Phi) is 5.32. The van der Waals surface area contributed by atoms with E-state index in [1.165, 1.54) is 17.7 Å². The summed E-state index contributed by atoms with van der Waals surface area (Å²) in [5.41, 5.74) is 2.35. The summed E-state index contributed by atoms with van der Waals surface area (Å²) in [7, 11) is 0. The number of hydrogen-bond donors (Lipinski definition) is 2. The molecule has 1 saturated carbocycles. The Hall–Kier alpha value is -2.08. The van der Waals surface area contributed by atoms with Gasteiger partial charge in [-0.25, -0.2) is 0 Å². The van der Waals surface area contributed by atoms with Crippen LogP contribution in [-0.2, 0) is 12.8 Å². The van der Waals surface area contributed by atoms with Gasteiger partial charge in [0.05, 0.1) is 11.1 Å².